The number of aliphatic hydroxyl groups is 1. The lowest BCUT2D eigenvalue weighted by atomic mass is 9.90. The number of carbonyl (C=O) groups excluding carboxylic acids is 1. The molecule has 0 bridgehead atoms. The molecule has 0 heterocycles. The van der Waals surface area contributed by atoms with Gasteiger partial charge in [-0.25, -0.2) is 0 Å². The summed E-state index contributed by atoms with van der Waals surface area (Å²) in [4.78, 5) is 10.7. The molecule has 0 aliphatic carbocycles. The monoisotopic (exact) mass is 382 g/mol. The normalized spacial score (nSPS) is 13.0. The second kappa shape index (κ2) is 6.34. The molecule has 9 heteroatoms. The number of carbonyl (C=O) groups is 1. The minimum atomic E-state index is -5.94. The van der Waals surface area contributed by atoms with Crippen molar-refractivity contribution in [3.8, 4) is 11.1 Å². The molecule has 2 rings (SSSR count). The number of hydrogen-bond donors (Lipinski definition) is 1. The maximum Gasteiger partial charge on any atom is 0.430 e. The fourth-order valence-electron chi connectivity index (χ4n) is 2.19. The fraction of sp³-hybridized carbons (Fsp3) is 0.188. The quantitative estimate of drug-likeness (QED) is 0.590. The Balaban J connectivity index is 2.49. The van der Waals surface area contributed by atoms with Crippen molar-refractivity contribution >= 4 is 17.9 Å². The molecule has 0 spiro atoms. The molecular formula is C16H9ClF6O2. The van der Waals surface area contributed by atoms with Gasteiger partial charge in [-0.2, -0.15) is 26.3 Å². The molecule has 25 heavy (non-hydrogen) atoms. The van der Waals surface area contributed by atoms with E-state index in [4.69, 9.17) is 11.6 Å². The number of halogens is 7. The molecule has 0 fully saturated rings. The standard InChI is InChI=1S/C16H9ClF6O2/c17-13-7-10(1-2-11(13)8-24)9-3-5-12(6-4-9)14(25,15(18,19)20)16(21,22)23/h1-8,25H. The second-order valence-corrected chi connectivity index (χ2v) is 5.54. The largest absolute Gasteiger partial charge is 0.430 e. The van der Waals surface area contributed by atoms with E-state index < -0.39 is 23.5 Å². The van der Waals surface area contributed by atoms with Crippen molar-refractivity contribution in [1.82, 2.24) is 0 Å². The zero-order chi connectivity index (χ0) is 19.0. The lowest BCUT2D eigenvalue weighted by Crippen LogP contribution is -2.53. The highest BCUT2D eigenvalue weighted by Crippen LogP contribution is 2.50. The maximum atomic E-state index is 12.8. The summed E-state index contributed by atoms with van der Waals surface area (Å²) >= 11 is 5.83. The zero-order valence-corrected chi connectivity index (χ0v) is 12.9. The Morgan fingerprint density at radius 2 is 1.32 bits per heavy atom. The molecule has 1 N–H and O–H groups in total. The van der Waals surface area contributed by atoms with Gasteiger partial charge in [0.2, 0.25) is 0 Å². The van der Waals surface area contributed by atoms with Gasteiger partial charge in [-0.05, 0) is 23.3 Å². The molecule has 0 saturated carbocycles. The molecule has 134 valence electrons. The highest BCUT2D eigenvalue weighted by Gasteiger charge is 2.71. The van der Waals surface area contributed by atoms with Crippen LogP contribution in [0.5, 0.6) is 0 Å². The van der Waals surface area contributed by atoms with E-state index in [9.17, 15) is 36.2 Å². The molecule has 0 aliphatic rings. The summed E-state index contributed by atoms with van der Waals surface area (Å²) in [5.41, 5.74) is -5.51. The SMILES string of the molecule is O=Cc1ccc(-c2ccc(C(O)(C(F)(F)F)C(F)(F)F)cc2)cc1Cl. The highest BCUT2D eigenvalue weighted by atomic mass is 35.5. The van der Waals surface area contributed by atoms with Crippen molar-refractivity contribution in [2.24, 2.45) is 0 Å². The van der Waals surface area contributed by atoms with Crippen LogP contribution in [-0.4, -0.2) is 23.7 Å². The first-order valence-corrected chi connectivity index (χ1v) is 7.01. The second-order valence-electron chi connectivity index (χ2n) is 5.14. The van der Waals surface area contributed by atoms with Crippen LogP contribution in [-0.2, 0) is 5.60 Å². The Kier molecular flexibility index (Phi) is 4.89. The molecule has 2 nitrogen and oxygen atoms in total. The lowest BCUT2D eigenvalue weighted by Gasteiger charge is -2.32. The van der Waals surface area contributed by atoms with Gasteiger partial charge in [0.05, 0.1) is 5.02 Å². The first kappa shape index (κ1) is 19.3. The molecule has 2 aromatic rings. The van der Waals surface area contributed by atoms with Gasteiger partial charge < -0.3 is 5.11 Å². The van der Waals surface area contributed by atoms with Crippen molar-refractivity contribution in [3.05, 3.63) is 58.6 Å². The Bertz CT molecular complexity index is 767. The van der Waals surface area contributed by atoms with E-state index in [1.165, 1.54) is 18.2 Å². The minimum Gasteiger partial charge on any atom is -0.369 e. The summed E-state index contributed by atoms with van der Waals surface area (Å²) in [6, 6.07) is 7.20. The number of benzene rings is 2. The van der Waals surface area contributed by atoms with Crippen LogP contribution in [0.3, 0.4) is 0 Å². The number of aldehydes is 1. The van der Waals surface area contributed by atoms with Crippen molar-refractivity contribution in [2.75, 3.05) is 0 Å². The third kappa shape index (κ3) is 3.36. The molecule has 0 radical (unpaired) electrons. The summed E-state index contributed by atoms with van der Waals surface area (Å²) in [6.07, 6.45) is -11.4. The van der Waals surface area contributed by atoms with Crippen LogP contribution < -0.4 is 0 Å². The van der Waals surface area contributed by atoms with E-state index in [1.54, 1.807) is 0 Å². The minimum absolute atomic E-state index is 0.0821. The average Bonchev–Trinajstić information content (AvgIpc) is 2.52. The third-order valence-electron chi connectivity index (χ3n) is 3.58. The van der Waals surface area contributed by atoms with Gasteiger partial charge in [-0.3, -0.25) is 4.79 Å². The van der Waals surface area contributed by atoms with Crippen molar-refractivity contribution in [3.63, 3.8) is 0 Å². The van der Waals surface area contributed by atoms with Gasteiger partial charge in [0.15, 0.2) is 6.29 Å². The third-order valence-corrected chi connectivity index (χ3v) is 3.91. The van der Waals surface area contributed by atoms with Gasteiger partial charge in [-0.15, -0.1) is 0 Å². The predicted octanol–water partition coefficient (Wildman–Crippen LogP) is 5.13. The summed E-state index contributed by atoms with van der Waals surface area (Å²) < 4.78 is 77.0. The lowest BCUT2D eigenvalue weighted by molar-refractivity contribution is -0.376. The average molecular weight is 383 g/mol. The molecule has 0 aliphatic heterocycles. The maximum absolute atomic E-state index is 12.8. The summed E-state index contributed by atoms with van der Waals surface area (Å²) in [6.45, 7) is 0. The van der Waals surface area contributed by atoms with E-state index in [2.05, 4.69) is 0 Å². The molecule has 2 aromatic carbocycles. The van der Waals surface area contributed by atoms with E-state index in [0.717, 1.165) is 12.1 Å². The van der Waals surface area contributed by atoms with E-state index in [-0.39, 0.29) is 16.1 Å². The van der Waals surface area contributed by atoms with Crippen LogP contribution in [0.15, 0.2) is 42.5 Å². The number of hydrogen-bond acceptors (Lipinski definition) is 2. The van der Waals surface area contributed by atoms with Crippen molar-refractivity contribution in [2.45, 2.75) is 18.0 Å². The van der Waals surface area contributed by atoms with Gasteiger partial charge in [-0.1, -0.05) is 41.9 Å². The Morgan fingerprint density at radius 1 is 0.840 bits per heavy atom. The smallest absolute Gasteiger partial charge is 0.369 e. The number of rotatable bonds is 3. The van der Waals surface area contributed by atoms with E-state index in [1.807, 2.05) is 0 Å². The molecule has 0 atom stereocenters. The summed E-state index contributed by atoms with van der Waals surface area (Å²) in [5.74, 6) is 0. The topological polar surface area (TPSA) is 37.3 Å². The fourth-order valence-corrected chi connectivity index (χ4v) is 2.42. The Morgan fingerprint density at radius 3 is 1.72 bits per heavy atom. The number of alkyl halides is 6. The first-order valence-electron chi connectivity index (χ1n) is 6.63. The van der Waals surface area contributed by atoms with Gasteiger partial charge in [0.1, 0.15) is 0 Å². The highest BCUT2D eigenvalue weighted by molar-refractivity contribution is 6.33. The first-order chi connectivity index (χ1) is 11.4. The van der Waals surface area contributed by atoms with Crippen molar-refractivity contribution < 1.29 is 36.2 Å². The van der Waals surface area contributed by atoms with Crippen molar-refractivity contribution in [1.29, 1.82) is 0 Å². The Hall–Kier alpha value is -2.06. The molecular weight excluding hydrogens is 374 g/mol. The molecule has 0 amide bonds. The van der Waals surface area contributed by atoms with Crippen LogP contribution in [0.1, 0.15) is 15.9 Å². The summed E-state index contributed by atoms with van der Waals surface area (Å²) in [5, 5.41) is 9.40. The molecule has 0 unspecified atom stereocenters. The molecule has 0 aromatic heterocycles. The van der Waals surface area contributed by atoms with Gasteiger partial charge >= 0.3 is 12.4 Å². The van der Waals surface area contributed by atoms with E-state index in [0.29, 0.717) is 24.0 Å². The molecule has 0 saturated heterocycles. The van der Waals surface area contributed by atoms with Crippen LogP contribution >= 0.6 is 11.6 Å². The van der Waals surface area contributed by atoms with Gasteiger partial charge in [0, 0.05) is 11.1 Å². The zero-order valence-electron chi connectivity index (χ0n) is 12.1. The Labute approximate surface area is 142 Å². The van der Waals surface area contributed by atoms with E-state index >= 15 is 0 Å². The summed E-state index contributed by atoms with van der Waals surface area (Å²) in [7, 11) is 0. The van der Waals surface area contributed by atoms with Crippen LogP contribution in [0.2, 0.25) is 5.02 Å². The predicted molar refractivity (Wildman–Crippen MR) is 78.3 cm³/mol. The van der Waals surface area contributed by atoms with Crippen LogP contribution in [0.4, 0.5) is 26.3 Å². The van der Waals surface area contributed by atoms with Crippen LogP contribution in [0, 0.1) is 0 Å². The van der Waals surface area contributed by atoms with Crippen LogP contribution in [0.25, 0.3) is 11.1 Å². The van der Waals surface area contributed by atoms with Gasteiger partial charge in [0.25, 0.3) is 5.60 Å².